The smallest absolute Gasteiger partial charge is 0.320 e. The SMILES string of the molecule is COc1cc(C)c(/C(=C\C(C)=O)CC(N)C(=O)O)cc1OC. The molecule has 1 aromatic rings. The summed E-state index contributed by atoms with van der Waals surface area (Å²) in [7, 11) is 3.04. The largest absolute Gasteiger partial charge is 0.493 e. The average molecular weight is 307 g/mol. The number of hydrogen-bond donors (Lipinski definition) is 2. The van der Waals surface area contributed by atoms with Crippen molar-refractivity contribution >= 4 is 17.3 Å². The molecule has 1 unspecified atom stereocenters. The minimum absolute atomic E-state index is 0.0469. The van der Waals surface area contributed by atoms with Gasteiger partial charge in [0, 0.05) is 0 Å². The lowest BCUT2D eigenvalue weighted by atomic mass is 9.93. The zero-order chi connectivity index (χ0) is 16.9. The van der Waals surface area contributed by atoms with Crippen molar-refractivity contribution in [2.45, 2.75) is 26.3 Å². The maximum absolute atomic E-state index is 11.4. The van der Waals surface area contributed by atoms with Crippen LogP contribution >= 0.6 is 0 Å². The Morgan fingerprint density at radius 3 is 2.27 bits per heavy atom. The first-order valence-electron chi connectivity index (χ1n) is 6.72. The van der Waals surface area contributed by atoms with Crippen molar-refractivity contribution in [3.63, 3.8) is 0 Å². The number of methoxy groups -OCH3 is 2. The molecule has 1 rings (SSSR count). The van der Waals surface area contributed by atoms with E-state index in [0.29, 0.717) is 22.6 Å². The van der Waals surface area contributed by atoms with Gasteiger partial charge in [-0.1, -0.05) is 0 Å². The molecule has 0 saturated carbocycles. The summed E-state index contributed by atoms with van der Waals surface area (Å²) in [5.74, 6) is -0.232. The molecule has 0 aromatic heterocycles. The summed E-state index contributed by atoms with van der Waals surface area (Å²) in [4.78, 5) is 22.4. The Bertz CT molecular complexity index is 607. The Labute approximate surface area is 129 Å². The molecular weight excluding hydrogens is 286 g/mol. The molecule has 0 fully saturated rings. The molecule has 0 bridgehead atoms. The molecule has 0 aliphatic rings. The summed E-state index contributed by atoms with van der Waals surface area (Å²) in [6.45, 7) is 3.25. The van der Waals surface area contributed by atoms with Crippen LogP contribution < -0.4 is 15.2 Å². The number of rotatable bonds is 7. The Balaban J connectivity index is 3.36. The fraction of sp³-hybridized carbons (Fsp3) is 0.375. The van der Waals surface area contributed by atoms with Crippen LogP contribution in [0.2, 0.25) is 0 Å². The molecule has 0 amide bonds. The number of carboxylic acids is 1. The summed E-state index contributed by atoms with van der Waals surface area (Å²) in [6.07, 6.45) is 1.45. The van der Waals surface area contributed by atoms with E-state index < -0.39 is 12.0 Å². The third-order valence-corrected chi connectivity index (χ3v) is 3.21. The molecule has 1 atom stereocenters. The molecule has 0 heterocycles. The third kappa shape index (κ3) is 4.33. The van der Waals surface area contributed by atoms with Crippen molar-refractivity contribution < 1.29 is 24.2 Å². The van der Waals surface area contributed by atoms with Crippen LogP contribution in [0, 0.1) is 6.92 Å². The fourth-order valence-electron chi connectivity index (χ4n) is 2.14. The van der Waals surface area contributed by atoms with Crippen LogP contribution in [0.4, 0.5) is 0 Å². The Kier molecular flexibility index (Phi) is 6.12. The number of hydrogen-bond acceptors (Lipinski definition) is 5. The number of aliphatic carboxylic acids is 1. The van der Waals surface area contributed by atoms with Gasteiger partial charge in [0.2, 0.25) is 0 Å². The highest BCUT2D eigenvalue weighted by atomic mass is 16.5. The maximum Gasteiger partial charge on any atom is 0.320 e. The molecule has 3 N–H and O–H groups in total. The molecule has 0 saturated heterocycles. The van der Waals surface area contributed by atoms with Gasteiger partial charge in [0.05, 0.1) is 14.2 Å². The molecule has 0 radical (unpaired) electrons. The van der Waals surface area contributed by atoms with Gasteiger partial charge in [0.15, 0.2) is 17.3 Å². The number of allylic oxidation sites excluding steroid dienone is 1. The van der Waals surface area contributed by atoms with Crippen LogP contribution in [-0.4, -0.2) is 37.1 Å². The van der Waals surface area contributed by atoms with E-state index in [1.54, 1.807) is 12.1 Å². The summed E-state index contributed by atoms with van der Waals surface area (Å²) >= 11 is 0. The summed E-state index contributed by atoms with van der Waals surface area (Å²) in [5, 5.41) is 8.98. The summed E-state index contributed by atoms with van der Waals surface area (Å²) < 4.78 is 10.5. The van der Waals surface area contributed by atoms with E-state index in [0.717, 1.165) is 5.56 Å². The van der Waals surface area contributed by atoms with Gasteiger partial charge in [-0.25, -0.2) is 0 Å². The highest BCUT2D eigenvalue weighted by Gasteiger charge is 2.18. The quantitative estimate of drug-likeness (QED) is 0.745. The van der Waals surface area contributed by atoms with Gasteiger partial charge in [-0.3, -0.25) is 9.59 Å². The van der Waals surface area contributed by atoms with Crippen LogP contribution in [0.25, 0.3) is 5.57 Å². The predicted octanol–water partition coefficient (Wildman–Crippen LogP) is 1.79. The van der Waals surface area contributed by atoms with E-state index in [-0.39, 0.29) is 12.2 Å². The number of ketones is 1. The number of nitrogens with two attached hydrogens (primary N) is 1. The van der Waals surface area contributed by atoms with Crippen LogP contribution in [0.3, 0.4) is 0 Å². The van der Waals surface area contributed by atoms with Gasteiger partial charge in [-0.05, 0) is 55.2 Å². The Morgan fingerprint density at radius 1 is 1.27 bits per heavy atom. The average Bonchev–Trinajstić information content (AvgIpc) is 2.45. The van der Waals surface area contributed by atoms with Crippen molar-refractivity contribution in [1.29, 1.82) is 0 Å². The molecule has 1 aromatic carbocycles. The fourth-order valence-corrected chi connectivity index (χ4v) is 2.14. The number of aryl methyl sites for hydroxylation is 1. The molecular formula is C16H21NO5. The lowest BCUT2D eigenvalue weighted by Gasteiger charge is -2.16. The standard InChI is InChI=1S/C16H21NO5/c1-9-5-14(21-3)15(22-4)8-12(9)11(6-10(2)18)7-13(17)16(19)20/h5-6,8,13H,7,17H2,1-4H3,(H,19,20)/b11-6-. The van der Waals surface area contributed by atoms with E-state index >= 15 is 0 Å². The third-order valence-electron chi connectivity index (χ3n) is 3.21. The number of benzene rings is 1. The second kappa shape index (κ2) is 7.61. The summed E-state index contributed by atoms with van der Waals surface area (Å²) in [6, 6.07) is 2.41. The highest BCUT2D eigenvalue weighted by molar-refractivity contribution is 5.96. The number of carbonyl (C=O) groups excluding carboxylic acids is 1. The van der Waals surface area contributed by atoms with Gasteiger partial charge >= 0.3 is 5.97 Å². The topological polar surface area (TPSA) is 98.9 Å². The van der Waals surface area contributed by atoms with E-state index in [1.807, 2.05) is 6.92 Å². The van der Waals surface area contributed by atoms with Crippen molar-refractivity contribution in [2.24, 2.45) is 5.73 Å². The molecule has 120 valence electrons. The van der Waals surface area contributed by atoms with E-state index in [1.165, 1.54) is 27.2 Å². The first-order valence-corrected chi connectivity index (χ1v) is 6.72. The zero-order valence-corrected chi connectivity index (χ0v) is 13.2. The first kappa shape index (κ1) is 17.7. The van der Waals surface area contributed by atoms with Gasteiger partial charge in [0.25, 0.3) is 0 Å². The second-order valence-corrected chi connectivity index (χ2v) is 4.95. The Hall–Kier alpha value is -2.34. The lowest BCUT2D eigenvalue weighted by Crippen LogP contribution is -2.30. The van der Waals surface area contributed by atoms with Crippen LogP contribution in [-0.2, 0) is 9.59 Å². The molecule has 22 heavy (non-hydrogen) atoms. The van der Waals surface area contributed by atoms with E-state index in [4.69, 9.17) is 20.3 Å². The van der Waals surface area contributed by atoms with Crippen molar-refractivity contribution in [1.82, 2.24) is 0 Å². The van der Waals surface area contributed by atoms with E-state index in [2.05, 4.69) is 0 Å². The van der Waals surface area contributed by atoms with Crippen molar-refractivity contribution in [3.8, 4) is 11.5 Å². The first-order chi connectivity index (χ1) is 10.3. The minimum Gasteiger partial charge on any atom is -0.493 e. The highest BCUT2D eigenvalue weighted by Crippen LogP contribution is 2.34. The van der Waals surface area contributed by atoms with Crippen LogP contribution in [0.5, 0.6) is 11.5 Å². The zero-order valence-electron chi connectivity index (χ0n) is 13.2. The van der Waals surface area contributed by atoms with Crippen molar-refractivity contribution in [2.75, 3.05) is 14.2 Å². The second-order valence-electron chi connectivity index (χ2n) is 4.95. The monoisotopic (exact) mass is 307 g/mol. The molecule has 0 spiro atoms. The molecule has 6 heteroatoms. The normalized spacial score (nSPS) is 12.7. The van der Waals surface area contributed by atoms with Gasteiger partial charge in [-0.2, -0.15) is 0 Å². The number of carbonyl (C=O) groups is 2. The molecule has 6 nitrogen and oxygen atoms in total. The van der Waals surface area contributed by atoms with E-state index in [9.17, 15) is 9.59 Å². The Morgan fingerprint density at radius 2 is 1.82 bits per heavy atom. The van der Waals surface area contributed by atoms with Gasteiger partial charge in [-0.15, -0.1) is 0 Å². The van der Waals surface area contributed by atoms with Crippen molar-refractivity contribution in [3.05, 3.63) is 29.3 Å². The summed E-state index contributed by atoms with van der Waals surface area (Å²) in [5.41, 5.74) is 7.70. The minimum atomic E-state index is -1.12. The maximum atomic E-state index is 11.4. The number of ether oxygens (including phenoxy) is 2. The number of carboxylic acid groups (broad SMARTS) is 1. The van der Waals surface area contributed by atoms with Gasteiger partial charge < -0.3 is 20.3 Å². The van der Waals surface area contributed by atoms with Gasteiger partial charge in [0.1, 0.15) is 6.04 Å². The molecule has 0 aliphatic heterocycles. The van der Waals surface area contributed by atoms with Crippen LogP contribution in [0.1, 0.15) is 24.5 Å². The molecule has 0 aliphatic carbocycles. The lowest BCUT2D eigenvalue weighted by molar-refractivity contribution is -0.138. The predicted molar refractivity (Wildman–Crippen MR) is 83.2 cm³/mol. The van der Waals surface area contributed by atoms with Crippen LogP contribution in [0.15, 0.2) is 18.2 Å².